The van der Waals surface area contributed by atoms with Gasteiger partial charge >= 0.3 is 0 Å². The Balaban J connectivity index is 1.26. The average molecular weight is 919 g/mol. The molecule has 0 fully saturated rings. The van der Waals surface area contributed by atoms with Gasteiger partial charge in [0.15, 0.2) is 23.0 Å². The Morgan fingerprint density at radius 2 is 0.750 bits per heavy atom. The lowest BCUT2D eigenvalue weighted by Crippen LogP contribution is -2.24. The number of ether oxygens (including phenoxy) is 2. The summed E-state index contributed by atoms with van der Waals surface area (Å²) in [5.74, 6) is -2.20. The number of aryl methyl sites for hydroxylation is 3. The quantitative estimate of drug-likeness (QED) is 0.0313. The maximum atomic E-state index is 15.2. The van der Waals surface area contributed by atoms with E-state index in [1.54, 1.807) is 0 Å². The number of phenols is 2. The molecule has 1 aliphatic rings. The molecule has 0 spiro atoms. The Hall–Kier alpha value is -6.61. The van der Waals surface area contributed by atoms with Crippen LogP contribution in [0.15, 0.2) is 109 Å². The first-order valence-electron chi connectivity index (χ1n) is 25.0. The fourth-order valence-electron chi connectivity index (χ4n) is 8.91. The third-order valence-corrected chi connectivity index (χ3v) is 12.8. The molecule has 7 rings (SSSR count). The van der Waals surface area contributed by atoms with Gasteiger partial charge in [-0.25, -0.2) is 4.39 Å². The summed E-state index contributed by atoms with van der Waals surface area (Å²) in [5, 5.41) is 30.7. The van der Waals surface area contributed by atoms with Gasteiger partial charge in [0.2, 0.25) is 11.6 Å². The number of halogens is 1. The monoisotopic (exact) mass is 918 g/mol. The minimum Gasteiger partial charge on any atom is -0.504 e. The number of rotatable bonds is 26. The van der Waals surface area contributed by atoms with Crippen LogP contribution in [-0.2, 0) is 19.3 Å². The molecule has 356 valence electrons. The normalized spacial score (nSPS) is 11.9. The summed E-state index contributed by atoms with van der Waals surface area (Å²) in [6.07, 6.45) is 20.5. The van der Waals surface area contributed by atoms with Crippen LogP contribution in [0.5, 0.6) is 34.5 Å². The van der Waals surface area contributed by atoms with E-state index in [2.05, 4.69) is 31.4 Å². The highest BCUT2D eigenvalue weighted by molar-refractivity contribution is 6.34. The summed E-state index contributed by atoms with van der Waals surface area (Å²) in [6, 6.07) is 31.7. The number of hydrogen-bond acceptors (Lipinski definition) is 8. The van der Waals surface area contributed by atoms with E-state index < -0.39 is 28.9 Å². The van der Waals surface area contributed by atoms with E-state index in [1.165, 1.54) is 118 Å². The van der Waals surface area contributed by atoms with Crippen LogP contribution in [0.4, 0.5) is 27.1 Å². The van der Waals surface area contributed by atoms with Gasteiger partial charge in [0.25, 0.3) is 0 Å². The van der Waals surface area contributed by atoms with Crippen molar-refractivity contribution in [3.05, 3.63) is 154 Å². The van der Waals surface area contributed by atoms with Crippen LogP contribution >= 0.6 is 0 Å². The lowest BCUT2D eigenvalue weighted by molar-refractivity contribution is 0.0974. The predicted octanol–water partition coefficient (Wildman–Crippen LogP) is 16.6. The van der Waals surface area contributed by atoms with E-state index in [0.29, 0.717) is 22.9 Å². The molecule has 6 aromatic rings. The number of ketones is 2. The molecule has 0 amide bonds. The highest BCUT2D eigenvalue weighted by atomic mass is 19.1. The van der Waals surface area contributed by atoms with E-state index in [4.69, 9.17) is 9.47 Å². The predicted molar refractivity (Wildman–Crippen MR) is 273 cm³/mol. The average Bonchev–Trinajstić information content (AvgIpc) is 3.34. The second-order valence-electron chi connectivity index (χ2n) is 18.1. The number of aromatic hydroxyl groups is 2. The van der Waals surface area contributed by atoms with Crippen LogP contribution in [0.3, 0.4) is 0 Å². The smallest absolute Gasteiger partial charge is 0.200 e. The third-order valence-electron chi connectivity index (χ3n) is 12.8. The fraction of sp³-hybridized carbons (Fsp3) is 0.356. The zero-order valence-corrected chi connectivity index (χ0v) is 40.0. The lowest BCUT2D eigenvalue weighted by atomic mass is 9.80. The highest BCUT2D eigenvalue weighted by Gasteiger charge is 2.41. The molecular formula is C59H67FN2O6. The van der Waals surface area contributed by atoms with Crippen LogP contribution in [0.2, 0.25) is 0 Å². The lowest BCUT2D eigenvalue weighted by Gasteiger charge is -2.27. The first-order valence-corrected chi connectivity index (χ1v) is 25.0. The maximum absolute atomic E-state index is 15.2. The fourth-order valence-corrected chi connectivity index (χ4v) is 8.91. The Bertz CT molecular complexity index is 2610. The maximum Gasteiger partial charge on any atom is 0.200 e. The minimum absolute atomic E-state index is 0.0338. The van der Waals surface area contributed by atoms with Gasteiger partial charge in [-0.2, -0.15) is 0 Å². The molecule has 9 heteroatoms. The SMILES string of the molecule is CCCCCCCc1ccc(Nc2cc(Oc3ccc(CCCCCCC)cc3)c(O)c3c2C(=O)c2c(O)c(Oc4ccc(CCCCCCC)cc4)cc(Nc4ccc(F)cc4)c2C3=O)cc1. The zero-order valence-electron chi connectivity index (χ0n) is 40.0. The van der Waals surface area contributed by atoms with Crippen LogP contribution in [0, 0.1) is 5.82 Å². The number of phenolic OH excluding ortho intramolecular Hbond substituents is 2. The van der Waals surface area contributed by atoms with E-state index in [9.17, 15) is 14.6 Å². The van der Waals surface area contributed by atoms with Gasteiger partial charge in [-0.3, -0.25) is 9.59 Å². The standard InChI is InChI=1S/C59H67FN2O6/c1-4-7-10-13-16-19-40-22-30-44(31-23-40)61-48-38-50(67-46-34-24-41(25-35-46)20-17-14-11-8-5-2)56(63)54-52(48)58(65)55-53(59(54)66)49(62-45-32-28-43(60)29-33-45)39-51(57(55)64)68-47-36-26-42(27-37-47)21-18-15-12-9-6-3/h22-39,61-64H,4-21H2,1-3H3. The first kappa shape index (κ1) is 49.3. The summed E-state index contributed by atoms with van der Waals surface area (Å²) in [5.41, 5.74) is 4.00. The number of anilines is 4. The van der Waals surface area contributed by atoms with Crippen molar-refractivity contribution in [1.82, 2.24) is 0 Å². The van der Waals surface area contributed by atoms with Crippen molar-refractivity contribution in [3.63, 3.8) is 0 Å². The number of hydrogen-bond donors (Lipinski definition) is 4. The summed E-state index contributed by atoms with van der Waals surface area (Å²) in [6.45, 7) is 6.61. The summed E-state index contributed by atoms with van der Waals surface area (Å²) < 4.78 is 26.7. The van der Waals surface area contributed by atoms with Gasteiger partial charge in [-0.1, -0.05) is 134 Å². The van der Waals surface area contributed by atoms with E-state index in [-0.39, 0.29) is 45.1 Å². The van der Waals surface area contributed by atoms with Crippen molar-refractivity contribution < 1.29 is 33.7 Å². The van der Waals surface area contributed by atoms with Crippen molar-refractivity contribution in [3.8, 4) is 34.5 Å². The molecule has 0 radical (unpaired) electrons. The molecule has 4 N–H and O–H groups in total. The summed E-state index contributed by atoms with van der Waals surface area (Å²) in [7, 11) is 0. The zero-order chi connectivity index (χ0) is 47.8. The highest BCUT2D eigenvalue weighted by Crippen LogP contribution is 2.51. The molecule has 68 heavy (non-hydrogen) atoms. The molecule has 6 aromatic carbocycles. The van der Waals surface area contributed by atoms with Crippen molar-refractivity contribution in [1.29, 1.82) is 0 Å². The number of carbonyl (C=O) groups excluding carboxylic acids is 2. The van der Waals surface area contributed by atoms with E-state index in [1.807, 2.05) is 72.8 Å². The number of carbonyl (C=O) groups is 2. The van der Waals surface area contributed by atoms with Crippen molar-refractivity contribution >= 4 is 34.3 Å². The molecule has 0 bridgehead atoms. The molecule has 1 aliphatic carbocycles. The van der Waals surface area contributed by atoms with Gasteiger partial charge in [-0.05, 0) is 116 Å². The van der Waals surface area contributed by atoms with Gasteiger partial charge in [0, 0.05) is 23.5 Å². The Morgan fingerprint density at radius 1 is 0.426 bits per heavy atom. The number of fused-ring (bicyclic) bond motifs is 2. The Labute approximate surface area is 402 Å². The van der Waals surface area contributed by atoms with Crippen LogP contribution in [0.25, 0.3) is 0 Å². The topological polar surface area (TPSA) is 117 Å². The molecule has 0 saturated heterocycles. The Morgan fingerprint density at radius 3 is 1.10 bits per heavy atom. The second kappa shape index (κ2) is 24.4. The molecular weight excluding hydrogens is 852 g/mol. The van der Waals surface area contributed by atoms with Gasteiger partial charge in [-0.15, -0.1) is 0 Å². The largest absolute Gasteiger partial charge is 0.504 e. The second-order valence-corrected chi connectivity index (χ2v) is 18.1. The molecule has 0 saturated carbocycles. The van der Waals surface area contributed by atoms with E-state index in [0.717, 1.165) is 50.5 Å². The van der Waals surface area contributed by atoms with Crippen molar-refractivity contribution in [2.75, 3.05) is 10.6 Å². The molecule has 0 aliphatic heterocycles. The van der Waals surface area contributed by atoms with Gasteiger partial charge < -0.3 is 30.3 Å². The molecule has 0 aromatic heterocycles. The van der Waals surface area contributed by atoms with Gasteiger partial charge in [0.1, 0.15) is 17.3 Å². The molecule has 0 atom stereocenters. The van der Waals surface area contributed by atoms with Gasteiger partial charge in [0.05, 0.1) is 33.6 Å². The first-order chi connectivity index (χ1) is 33.2. The van der Waals surface area contributed by atoms with E-state index >= 15 is 9.59 Å². The Kier molecular flexibility index (Phi) is 17.7. The van der Waals surface area contributed by atoms with Crippen molar-refractivity contribution in [2.24, 2.45) is 0 Å². The number of unbranched alkanes of at least 4 members (excludes halogenated alkanes) is 12. The summed E-state index contributed by atoms with van der Waals surface area (Å²) >= 11 is 0. The van der Waals surface area contributed by atoms with Crippen LogP contribution in [0.1, 0.15) is 166 Å². The molecule has 0 unspecified atom stereocenters. The summed E-state index contributed by atoms with van der Waals surface area (Å²) in [4.78, 5) is 30.3. The number of benzene rings is 6. The minimum atomic E-state index is -0.729. The molecule has 0 heterocycles. The van der Waals surface area contributed by atoms with Crippen LogP contribution in [-0.4, -0.2) is 21.8 Å². The molecule has 8 nitrogen and oxygen atoms in total. The number of nitrogens with one attached hydrogen (secondary N) is 2. The third kappa shape index (κ3) is 12.7. The van der Waals surface area contributed by atoms with Crippen molar-refractivity contribution in [2.45, 2.75) is 136 Å². The van der Waals surface area contributed by atoms with Crippen LogP contribution < -0.4 is 20.1 Å².